The third-order valence-electron chi connectivity index (χ3n) is 13.2. The predicted octanol–water partition coefficient (Wildman–Crippen LogP) is 15.0. The van der Waals surface area contributed by atoms with E-state index in [0.717, 1.165) is 44.5 Å². The summed E-state index contributed by atoms with van der Waals surface area (Å²) in [4.78, 5) is 26.4. The number of hydrogen-bond donors (Lipinski definition) is 6. The summed E-state index contributed by atoms with van der Waals surface area (Å²) in [6.45, 7) is 15.7. The van der Waals surface area contributed by atoms with Crippen molar-refractivity contribution in [2.45, 2.75) is 55.4 Å². The van der Waals surface area contributed by atoms with Gasteiger partial charge in [0, 0.05) is 33.7 Å². The summed E-state index contributed by atoms with van der Waals surface area (Å²) in [6.07, 6.45) is 0. The number of ether oxygens (including phenoxy) is 4. The summed E-state index contributed by atoms with van der Waals surface area (Å²) in [5.74, 6) is 2.68. The Morgan fingerprint density at radius 2 is 0.500 bits per heavy atom. The van der Waals surface area contributed by atoms with Crippen LogP contribution in [0.4, 0.5) is 0 Å². The maximum Gasteiger partial charge on any atom is 0.170 e. The molecule has 368 valence electrons. The van der Waals surface area contributed by atoms with Crippen molar-refractivity contribution in [3.05, 3.63) is 166 Å². The molecule has 3 heterocycles. The number of rotatable bonds is 8. The van der Waals surface area contributed by atoms with E-state index in [9.17, 15) is 20.4 Å². The second-order valence-corrected chi connectivity index (χ2v) is 18.7. The monoisotopic (exact) mass is 982 g/mol. The van der Waals surface area contributed by atoms with E-state index >= 15 is 0 Å². The first-order valence-corrected chi connectivity index (χ1v) is 23.9. The number of aromatic nitrogens is 6. The zero-order valence-electron chi connectivity index (χ0n) is 41.8. The molecule has 0 atom stereocenters. The molecule has 11 rings (SSSR count). The zero-order chi connectivity index (χ0) is 51.7. The van der Waals surface area contributed by atoms with E-state index in [1.807, 2.05) is 128 Å². The maximum atomic E-state index is 11.5. The first kappa shape index (κ1) is 46.8. The number of para-hydroxylation sites is 4. The second kappa shape index (κ2) is 18.2. The van der Waals surface area contributed by atoms with E-state index in [4.69, 9.17) is 38.9 Å². The number of benzene rings is 8. The quantitative estimate of drug-likeness (QED) is 0.0843. The first-order chi connectivity index (χ1) is 35.6. The number of nitrogens with zero attached hydrogens (tertiary/aromatic N) is 4. The maximum absolute atomic E-state index is 11.5. The lowest BCUT2D eigenvalue weighted by molar-refractivity contribution is 0.413. The number of hydrogen-bond acceptors (Lipinski definition) is 12. The van der Waals surface area contributed by atoms with Crippen LogP contribution >= 0.6 is 0 Å². The molecule has 6 N–H and O–H groups in total. The van der Waals surface area contributed by atoms with Crippen LogP contribution in [0.2, 0.25) is 0 Å². The highest BCUT2D eigenvalue weighted by atomic mass is 16.5. The second-order valence-electron chi connectivity index (χ2n) is 18.7. The van der Waals surface area contributed by atoms with Gasteiger partial charge in [0.2, 0.25) is 0 Å². The van der Waals surface area contributed by atoms with E-state index < -0.39 is 0 Å². The Kier molecular flexibility index (Phi) is 11.5. The number of phenols is 4. The fraction of sp³-hybridized carbons (Fsp3) is 0.133. The first-order valence-electron chi connectivity index (χ1n) is 23.9. The van der Waals surface area contributed by atoms with Gasteiger partial charge in [-0.2, -0.15) is 0 Å². The Morgan fingerprint density at radius 3 is 0.703 bits per heavy atom. The molecule has 0 aliphatic heterocycles. The average Bonchev–Trinajstić information content (AvgIpc) is 3.86. The third kappa shape index (κ3) is 8.51. The topological polar surface area (TPSA) is 201 Å². The van der Waals surface area contributed by atoms with Crippen LogP contribution in [0.1, 0.15) is 44.5 Å². The Bertz CT molecular complexity index is 3650. The van der Waals surface area contributed by atoms with Gasteiger partial charge in [-0.25, -0.2) is 19.9 Å². The summed E-state index contributed by atoms with van der Waals surface area (Å²) >= 11 is 0. The zero-order valence-corrected chi connectivity index (χ0v) is 41.8. The number of phenolic OH excluding ortho intramolecular Hbond substituents is 4. The Morgan fingerprint density at radius 1 is 0.297 bits per heavy atom. The smallest absolute Gasteiger partial charge is 0.170 e. The molecule has 0 spiro atoms. The minimum atomic E-state index is -0.337. The van der Waals surface area contributed by atoms with Crippen LogP contribution in [-0.4, -0.2) is 50.3 Å². The fourth-order valence-corrected chi connectivity index (χ4v) is 9.30. The van der Waals surface area contributed by atoms with Gasteiger partial charge in [-0.15, -0.1) is 0 Å². The molecule has 0 saturated heterocycles. The SMILES string of the molecule is Cc1cccc(C)c1Oc1cc2c3nc4cc(nc5[nH]c(nc6cc(nc([nH]3)c2cc1Oc1c(C)cccc1C)c(O)cc6O)c1cc(Oc2c(C)cccc2C)c(Oc2c(C)cccc2C)cc51)c(O)cc4O. The van der Waals surface area contributed by atoms with Crippen molar-refractivity contribution in [2.24, 2.45) is 0 Å². The summed E-state index contributed by atoms with van der Waals surface area (Å²) in [5.41, 5.74) is 8.40. The Hall–Kier alpha value is -9.56. The van der Waals surface area contributed by atoms with Crippen LogP contribution < -0.4 is 18.9 Å². The number of aromatic hydroxyl groups is 4. The lowest BCUT2D eigenvalue weighted by atomic mass is 10.1. The highest BCUT2D eigenvalue weighted by Crippen LogP contribution is 2.46. The summed E-state index contributed by atoms with van der Waals surface area (Å²) in [5, 5.41) is 48.0. The van der Waals surface area contributed by atoms with Crippen molar-refractivity contribution in [1.29, 1.82) is 0 Å². The van der Waals surface area contributed by atoms with Crippen molar-refractivity contribution in [2.75, 3.05) is 0 Å². The molecule has 0 unspecified atom stereocenters. The summed E-state index contributed by atoms with van der Waals surface area (Å²) < 4.78 is 27.1. The molecule has 14 heteroatoms. The van der Waals surface area contributed by atoms with Gasteiger partial charge in [0.25, 0.3) is 0 Å². The van der Waals surface area contributed by atoms with Gasteiger partial charge in [0.15, 0.2) is 23.0 Å². The highest BCUT2D eigenvalue weighted by Gasteiger charge is 2.22. The lowest BCUT2D eigenvalue weighted by Crippen LogP contribution is -1.96. The molecule has 0 aliphatic carbocycles. The van der Waals surface area contributed by atoms with Gasteiger partial charge < -0.3 is 49.3 Å². The number of aromatic amines is 2. The summed E-state index contributed by atoms with van der Waals surface area (Å²) in [6, 6.07) is 36.0. The van der Waals surface area contributed by atoms with Gasteiger partial charge in [0.1, 0.15) is 90.7 Å². The molecule has 11 aromatic rings. The molecule has 14 nitrogen and oxygen atoms in total. The van der Waals surface area contributed by atoms with Crippen LogP contribution in [0.25, 0.3) is 66.2 Å². The van der Waals surface area contributed by atoms with Gasteiger partial charge in [-0.1, -0.05) is 72.8 Å². The van der Waals surface area contributed by atoms with Gasteiger partial charge >= 0.3 is 0 Å². The van der Waals surface area contributed by atoms with E-state index in [-0.39, 0.29) is 67.7 Å². The largest absolute Gasteiger partial charge is 0.506 e. The van der Waals surface area contributed by atoms with E-state index in [0.29, 0.717) is 67.5 Å². The van der Waals surface area contributed by atoms with Gasteiger partial charge in [-0.05, 0) is 136 Å². The molecular formula is C60H50N6O8. The molecule has 74 heavy (non-hydrogen) atoms. The van der Waals surface area contributed by atoms with E-state index in [1.165, 1.54) is 24.3 Å². The third-order valence-corrected chi connectivity index (χ3v) is 13.2. The molecule has 0 saturated carbocycles. The van der Waals surface area contributed by atoms with Crippen LogP contribution in [0, 0.1) is 55.4 Å². The highest BCUT2D eigenvalue weighted by molar-refractivity contribution is 6.08. The Balaban J connectivity index is 1.23. The van der Waals surface area contributed by atoms with E-state index in [2.05, 4.69) is 9.97 Å². The van der Waals surface area contributed by atoms with Crippen LogP contribution in [0.15, 0.2) is 121 Å². The number of fused-ring (bicyclic) bond motifs is 14. The molecule has 3 aromatic heterocycles. The normalized spacial score (nSPS) is 11.5. The van der Waals surface area contributed by atoms with Gasteiger partial charge in [-0.3, -0.25) is 0 Å². The lowest BCUT2D eigenvalue weighted by Gasteiger charge is -2.17. The summed E-state index contributed by atoms with van der Waals surface area (Å²) in [7, 11) is 0. The van der Waals surface area contributed by atoms with Crippen molar-refractivity contribution in [1.82, 2.24) is 29.9 Å². The van der Waals surface area contributed by atoms with Crippen LogP contribution in [0.3, 0.4) is 0 Å². The molecule has 0 aliphatic rings. The minimum Gasteiger partial charge on any atom is -0.506 e. The Labute approximate surface area is 424 Å². The number of aryl methyl sites for hydroxylation is 8. The molecule has 8 aromatic carbocycles. The number of nitrogens with one attached hydrogen (secondary N) is 2. The predicted molar refractivity (Wildman–Crippen MR) is 288 cm³/mol. The molecule has 8 bridgehead atoms. The standard InChI is InChI=1S/C60H50N6O8/c1-29-13-9-14-30(2)53(29)71-49-21-37-38(22-50(49)72-54-31(3)15-10-16-32(54)4)58-62-42-26-44(48(70)28-46(42)68)64-60-40-24-52(74-56-35(7)19-12-20-36(56)8)51(73-55-33(5)17-11-18-34(55)6)23-39(40)59(66-60)63-43-25-41(61-57(37)65-58)45(67)27-47(43)69/h9-28,67-70H,1-8H3,(H,61,62,65)(H,63,64,66). The number of H-pyrrole nitrogens is 2. The van der Waals surface area contributed by atoms with Crippen molar-refractivity contribution < 1.29 is 39.4 Å². The van der Waals surface area contributed by atoms with Crippen LogP contribution in [0.5, 0.6) is 69.0 Å². The van der Waals surface area contributed by atoms with Crippen molar-refractivity contribution in [3.8, 4) is 69.0 Å². The van der Waals surface area contributed by atoms with Crippen molar-refractivity contribution >= 4 is 66.2 Å². The molecule has 0 fully saturated rings. The average molecular weight is 983 g/mol. The van der Waals surface area contributed by atoms with Gasteiger partial charge in [0.05, 0.1) is 0 Å². The van der Waals surface area contributed by atoms with Crippen molar-refractivity contribution in [3.63, 3.8) is 0 Å². The molecular weight excluding hydrogens is 933 g/mol. The minimum absolute atomic E-state index is 0.0512. The van der Waals surface area contributed by atoms with E-state index in [1.54, 1.807) is 24.3 Å². The van der Waals surface area contributed by atoms with Crippen LogP contribution in [-0.2, 0) is 0 Å². The fourth-order valence-electron chi connectivity index (χ4n) is 9.30. The molecule has 0 radical (unpaired) electrons. The molecule has 0 amide bonds.